The maximum atomic E-state index is 12.9. The SMILES string of the molecule is Cc1cccc(C)c1OCCNC(=O)C(C)S(=O)(=O)c1ccc(F)cc1. The van der Waals surface area contributed by atoms with E-state index in [1.807, 2.05) is 32.0 Å². The summed E-state index contributed by atoms with van der Waals surface area (Å²) in [4.78, 5) is 12.1. The zero-order chi connectivity index (χ0) is 19.3. The van der Waals surface area contributed by atoms with Crippen LogP contribution in [0, 0.1) is 19.7 Å². The van der Waals surface area contributed by atoms with Crippen molar-refractivity contribution in [2.45, 2.75) is 30.9 Å². The number of amides is 1. The van der Waals surface area contributed by atoms with Crippen molar-refractivity contribution < 1.29 is 22.3 Å². The van der Waals surface area contributed by atoms with Gasteiger partial charge in [-0.25, -0.2) is 12.8 Å². The van der Waals surface area contributed by atoms with E-state index in [0.717, 1.165) is 41.1 Å². The maximum absolute atomic E-state index is 12.9. The maximum Gasteiger partial charge on any atom is 0.238 e. The molecule has 140 valence electrons. The van der Waals surface area contributed by atoms with Gasteiger partial charge < -0.3 is 10.1 Å². The normalized spacial score (nSPS) is 12.5. The Kier molecular flexibility index (Phi) is 6.37. The van der Waals surface area contributed by atoms with Crippen molar-refractivity contribution in [3.8, 4) is 5.75 Å². The second-order valence-corrected chi connectivity index (χ2v) is 8.27. The fraction of sp³-hybridized carbons (Fsp3) is 0.316. The Morgan fingerprint density at radius 1 is 1.12 bits per heavy atom. The molecule has 0 fully saturated rings. The van der Waals surface area contributed by atoms with E-state index in [-0.39, 0.29) is 18.0 Å². The number of para-hydroxylation sites is 1. The number of aryl methyl sites for hydroxylation is 2. The van der Waals surface area contributed by atoms with E-state index < -0.39 is 26.8 Å². The van der Waals surface area contributed by atoms with Crippen molar-refractivity contribution in [2.24, 2.45) is 0 Å². The van der Waals surface area contributed by atoms with Crippen molar-refractivity contribution >= 4 is 15.7 Å². The van der Waals surface area contributed by atoms with E-state index in [4.69, 9.17) is 4.74 Å². The van der Waals surface area contributed by atoms with E-state index in [9.17, 15) is 17.6 Å². The number of halogens is 1. The molecule has 0 radical (unpaired) electrons. The summed E-state index contributed by atoms with van der Waals surface area (Å²) in [7, 11) is -3.88. The highest BCUT2D eigenvalue weighted by molar-refractivity contribution is 7.92. The number of benzene rings is 2. The summed E-state index contributed by atoms with van der Waals surface area (Å²) < 4.78 is 43.5. The van der Waals surface area contributed by atoms with Crippen molar-refractivity contribution in [3.05, 3.63) is 59.4 Å². The Hall–Kier alpha value is -2.41. The molecule has 7 heteroatoms. The smallest absolute Gasteiger partial charge is 0.238 e. The predicted octanol–water partition coefficient (Wildman–Crippen LogP) is 2.80. The summed E-state index contributed by atoms with van der Waals surface area (Å²) in [5.74, 6) is -0.405. The first kappa shape index (κ1) is 19.9. The first-order chi connectivity index (χ1) is 12.2. The second-order valence-electron chi connectivity index (χ2n) is 6.00. The zero-order valence-electron chi connectivity index (χ0n) is 15.0. The van der Waals surface area contributed by atoms with Gasteiger partial charge in [0.2, 0.25) is 5.91 Å². The van der Waals surface area contributed by atoms with Gasteiger partial charge in [0.25, 0.3) is 0 Å². The van der Waals surface area contributed by atoms with Crippen LogP contribution in [0.4, 0.5) is 4.39 Å². The van der Waals surface area contributed by atoms with Gasteiger partial charge in [-0.15, -0.1) is 0 Å². The van der Waals surface area contributed by atoms with Crippen LogP contribution < -0.4 is 10.1 Å². The number of carbonyl (C=O) groups excluding carboxylic acids is 1. The van der Waals surface area contributed by atoms with Gasteiger partial charge in [-0.1, -0.05) is 18.2 Å². The molecule has 0 heterocycles. The van der Waals surface area contributed by atoms with Gasteiger partial charge in [-0.05, 0) is 56.2 Å². The molecule has 0 saturated heterocycles. The first-order valence-electron chi connectivity index (χ1n) is 8.19. The van der Waals surface area contributed by atoms with Crippen LogP contribution in [-0.2, 0) is 14.6 Å². The van der Waals surface area contributed by atoms with Crippen molar-refractivity contribution in [1.82, 2.24) is 5.32 Å². The Morgan fingerprint density at radius 3 is 2.27 bits per heavy atom. The van der Waals surface area contributed by atoms with Crippen molar-refractivity contribution in [2.75, 3.05) is 13.2 Å². The van der Waals surface area contributed by atoms with E-state index in [2.05, 4.69) is 5.32 Å². The fourth-order valence-corrected chi connectivity index (χ4v) is 3.76. The fourth-order valence-electron chi connectivity index (χ4n) is 2.47. The molecule has 1 amide bonds. The van der Waals surface area contributed by atoms with E-state index in [1.165, 1.54) is 6.92 Å². The average molecular weight is 379 g/mol. The predicted molar refractivity (Wildman–Crippen MR) is 97.5 cm³/mol. The highest BCUT2D eigenvalue weighted by Crippen LogP contribution is 2.22. The molecule has 1 N–H and O–H groups in total. The molecule has 0 aromatic heterocycles. The highest BCUT2D eigenvalue weighted by Gasteiger charge is 2.29. The minimum Gasteiger partial charge on any atom is -0.491 e. The van der Waals surface area contributed by atoms with Gasteiger partial charge >= 0.3 is 0 Å². The molecule has 0 saturated carbocycles. The van der Waals surface area contributed by atoms with Crippen molar-refractivity contribution in [1.29, 1.82) is 0 Å². The molecule has 1 unspecified atom stereocenters. The number of nitrogens with one attached hydrogen (secondary N) is 1. The molecular formula is C19H22FNO4S. The molecule has 0 aliphatic heterocycles. The lowest BCUT2D eigenvalue weighted by Gasteiger charge is -2.15. The van der Waals surface area contributed by atoms with Crippen LogP contribution >= 0.6 is 0 Å². The minimum absolute atomic E-state index is 0.0895. The van der Waals surface area contributed by atoms with Gasteiger partial charge in [-0.2, -0.15) is 0 Å². The van der Waals surface area contributed by atoms with Gasteiger partial charge in [0, 0.05) is 0 Å². The molecular weight excluding hydrogens is 357 g/mol. The number of sulfone groups is 1. The average Bonchev–Trinajstić information content (AvgIpc) is 2.60. The lowest BCUT2D eigenvalue weighted by molar-refractivity contribution is -0.120. The van der Waals surface area contributed by atoms with Gasteiger partial charge in [0.15, 0.2) is 9.84 Å². The topological polar surface area (TPSA) is 72.5 Å². The molecule has 0 spiro atoms. The monoisotopic (exact) mass is 379 g/mol. The summed E-state index contributed by atoms with van der Waals surface area (Å²) in [6.45, 7) is 5.56. The second kappa shape index (κ2) is 8.31. The number of rotatable bonds is 7. The van der Waals surface area contributed by atoms with Crippen LogP contribution in [0.25, 0.3) is 0 Å². The van der Waals surface area contributed by atoms with Crippen LogP contribution in [0.3, 0.4) is 0 Å². The summed E-state index contributed by atoms with van der Waals surface area (Å²) in [5.41, 5.74) is 1.98. The van der Waals surface area contributed by atoms with Crippen LogP contribution in [0.5, 0.6) is 5.75 Å². The molecule has 0 aliphatic carbocycles. The van der Waals surface area contributed by atoms with Gasteiger partial charge in [-0.3, -0.25) is 4.79 Å². The largest absolute Gasteiger partial charge is 0.491 e. The molecule has 2 rings (SSSR count). The number of carbonyl (C=O) groups is 1. The zero-order valence-corrected chi connectivity index (χ0v) is 15.8. The number of hydrogen-bond donors (Lipinski definition) is 1. The molecule has 5 nitrogen and oxygen atoms in total. The minimum atomic E-state index is -3.88. The van der Waals surface area contributed by atoms with Crippen LogP contribution in [0.1, 0.15) is 18.1 Å². The Morgan fingerprint density at radius 2 is 1.69 bits per heavy atom. The summed E-state index contributed by atoms with van der Waals surface area (Å²) in [6, 6.07) is 10.2. The Balaban J connectivity index is 1.92. The summed E-state index contributed by atoms with van der Waals surface area (Å²) in [6.07, 6.45) is 0. The lowest BCUT2D eigenvalue weighted by Crippen LogP contribution is -2.39. The van der Waals surface area contributed by atoms with E-state index in [1.54, 1.807) is 0 Å². The molecule has 2 aromatic carbocycles. The van der Waals surface area contributed by atoms with E-state index in [0.29, 0.717) is 0 Å². The first-order valence-corrected chi connectivity index (χ1v) is 9.74. The highest BCUT2D eigenvalue weighted by atomic mass is 32.2. The van der Waals surface area contributed by atoms with Gasteiger partial charge in [0.05, 0.1) is 11.4 Å². The van der Waals surface area contributed by atoms with E-state index >= 15 is 0 Å². The third-order valence-electron chi connectivity index (χ3n) is 4.03. The molecule has 0 aliphatic rings. The number of ether oxygens (including phenoxy) is 1. The van der Waals surface area contributed by atoms with Crippen LogP contribution in [0.15, 0.2) is 47.4 Å². The molecule has 2 aromatic rings. The summed E-state index contributed by atoms with van der Waals surface area (Å²) in [5, 5.41) is 1.28. The quantitative estimate of drug-likeness (QED) is 0.593. The molecule has 0 bridgehead atoms. The third-order valence-corrected chi connectivity index (χ3v) is 6.11. The summed E-state index contributed by atoms with van der Waals surface area (Å²) >= 11 is 0. The third kappa shape index (κ3) is 4.60. The molecule has 26 heavy (non-hydrogen) atoms. The van der Waals surface area contributed by atoms with Crippen molar-refractivity contribution in [3.63, 3.8) is 0 Å². The lowest BCUT2D eigenvalue weighted by atomic mass is 10.1. The Bertz CT molecular complexity index is 859. The number of hydrogen-bond acceptors (Lipinski definition) is 4. The van der Waals surface area contributed by atoms with Crippen LogP contribution in [-0.4, -0.2) is 32.7 Å². The standard InChI is InChI=1S/C19H22FNO4S/c1-13-5-4-6-14(2)18(13)25-12-11-21-19(22)15(3)26(23,24)17-9-7-16(20)8-10-17/h4-10,15H,11-12H2,1-3H3,(H,21,22). The van der Waals surface area contributed by atoms with Gasteiger partial charge in [0.1, 0.15) is 23.4 Å². The van der Waals surface area contributed by atoms with Crippen LogP contribution in [0.2, 0.25) is 0 Å². The Labute approximate surface area is 153 Å². The molecule has 1 atom stereocenters.